The fourth-order valence-electron chi connectivity index (χ4n) is 1.71. The Bertz CT molecular complexity index is 260. The minimum atomic E-state index is -2.44. The second-order valence-corrected chi connectivity index (χ2v) is 7.33. The first-order valence-corrected chi connectivity index (χ1v) is 8.24. The van der Waals surface area contributed by atoms with Gasteiger partial charge in [-0.25, -0.2) is 0 Å². The summed E-state index contributed by atoms with van der Waals surface area (Å²) in [5.41, 5.74) is 1.27. The largest absolute Gasteiger partial charge is 0.500 e. The van der Waals surface area contributed by atoms with Gasteiger partial charge in [-0.15, -0.1) is 0 Å². The molecule has 0 aliphatic rings. The third-order valence-electron chi connectivity index (χ3n) is 3.00. The topological polar surface area (TPSA) is 75.4 Å². The van der Waals surface area contributed by atoms with E-state index in [1.54, 1.807) is 21.3 Å². The molecule has 0 aromatic carbocycles. The Morgan fingerprint density at radius 1 is 0.944 bits per heavy atom. The van der Waals surface area contributed by atoms with Gasteiger partial charge in [0.2, 0.25) is 0 Å². The zero-order valence-corrected chi connectivity index (χ0v) is 13.0. The van der Waals surface area contributed by atoms with Crippen LogP contribution in [-0.4, -0.2) is 41.6 Å². The summed E-state index contributed by atoms with van der Waals surface area (Å²) in [6, 6.07) is 0.773. The second kappa shape index (κ2) is 9.38. The zero-order chi connectivity index (χ0) is 14.0. The van der Waals surface area contributed by atoms with Gasteiger partial charge in [0, 0.05) is 45.2 Å². The van der Waals surface area contributed by atoms with Crippen LogP contribution in [0.15, 0.2) is 0 Å². The summed E-state index contributed by atoms with van der Waals surface area (Å²) in [5, 5.41) is 15.3. The lowest BCUT2D eigenvalue weighted by Gasteiger charge is -2.24. The maximum Gasteiger partial charge on any atom is 0.500 e. The minimum absolute atomic E-state index is 0.512. The molecule has 0 rings (SSSR count). The van der Waals surface area contributed by atoms with E-state index in [1.807, 2.05) is 6.92 Å². The first-order valence-electron chi connectivity index (χ1n) is 6.31. The fourth-order valence-corrected chi connectivity index (χ4v) is 3.50. The van der Waals surface area contributed by atoms with E-state index in [2.05, 4.69) is 0 Å². The summed E-state index contributed by atoms with van der Waals surface area (Å²) >= 11 is 0. The van der Waals surface area contributed by atoms with Crippen LogP contribution < -0.4 is 0 Å². The molecule has 0 aliphatic heterocycles. The van der Waals surface area contributed by atoms with Crippen molar-refractivity contribution in [3.63, 3.8) is 0 Å². The maximum atomic E-state index is 7.77. The zero-order valence-electron chi connectivity index (χ0n) is 12.0. The summed E-state index contributed by atoms with van der Waals surface area (Å²) in [7, 11) is 2.40. The van der Waals surface area contributed by atoms with Crippen LogP contribution in [0, 0.1) is 10.8 Å². The smallest absolute Gasteiger partial charge is 0.377 e. The van der Waals surface area contributed by atoms with Crippen molar-refractivity contribution in [2.75, 3.05) is 21.3 Å². The Balaban J connectivity index is 3.85. The summed E-state index contributed by atoms with van der Waals surface area (Å²) in [6.07, 6.45) is 3.82. The van der Waals surface area contributed by atoms with Crippen molar-refractivity contribution in [3.8, 4) is 0 Å². The standard InChI is InChI=1S/C12H26N2O3Si/c1-5-11(13)10-12(14)8-6-7-9-18(15-2,16-3)17-4/h13-14H,5-10H2,1-4H3. The Labute approximate surface area is 111 Å². The maximum absolute atomic E-state index is 7.77. The van der Waals surface area contributed by atoms with Crippen LogP contribution in [-0.2, 0) is 13.3 Å². The highest BCUT2D eigenvalue weighted by molar-refractivity contribution is 6.60. The van der Waals surface area contributed by atoms with Crippen molar-refractivity contribution in [1.82, 2.24) is 0 Å². The van der Waals surface area contributed by atoms with Crippen molar-refractivity contribution < 1.29 is 13.3 Å². The molecule has 2 N–H and O–H groups in total. The molecule has 0 heterocycles. The molecular formula is C12H26N2O3Si. The van der Waals surface area contributed by atoms with E-state index in [1.165, 1.54) is 0 Å². The molecule has 0 bridgehead atoms. The van der Waals surface area contributed by atoms with Gasteiger partial charge >= 0.3 is 8.80 Å². The van der Waals surface area contributed by atoms with Gasteiger partial charge in [-0.1, -0.05) is 6.92 Å². The van der Waals surface area contributed by atoms with E-state index >= 15 is 0 Å². The van der Waals surface area contributed by atoms with Gasteiger partial charge < -0.3 is 24.1 Å². The molecule has 0 saturated carbocycles. The molecule has 5 nitrogen and oxygen atoms in total. The van der Waals surface area contributed by atoms with Gasteiger partial charge in [0.25, 0.3) is 0 Å². The molecule has 0 atom stereocenters. The normalized spacial score (nSPS) is 11.6. The van der Waals surface area contributed by atoms with Gasteiger partial charge in [0.05, 0.1) is 0 Å². The summed E-state index contributed by atoms with van der Waals surface area (Å²) in [5.74, 6) is 0. The SMILES string of the molecule is CCC(=N)CC(=N)CCCC[Si](OC)(OC)OC. The monoisotopic (exact) mass is 274 g/mol. The van der Waals surface area contributed by atoms with Crippen molar-refractivity contribution in [2.24, 2.45) is 0 Å². The molecule has 0 fully saturated rings. The lowest BCUT2D eigenvalue weighted by atomic mass is 10.1. The number of hydrogen-bond donors (Lipinski definition) is 2. The quantitative estimate of drug-likeness (QED) is 0.345. The van der Waals surface area contributed by atoms with Crippen LogP contribution in [0.4, 0.5) is 0 Å². The average Bonchev–Trinajstić information content (AvgIpc) is 2.39. The fraction of sp³-hybridized carbons (Fsp3) is 0.833. The molecule has 0 aromatic heterocycles. The van der Waals surface area contributed by atoms with Gasteiger partial charge in [-0.05, 0) is 25.7 Å². The molecule has 18 heavy (non-hydrogen) atoms. The van der Waals surface area contributed by atoms with E-state index in [0.717, 1.165) is 31.7 Å². The Hall–Kier alpha value is -0.563. The number of rotatable bonds is 11. The van der Waals surface area contributed by atoms with Crippen LogP contribution in [0.2, 0.25) is 6.04 Å². The van der Waals surface area contributed by atoms with Crippen molar-refractivity contribution >= 4 is 20.2 Å². The van der Waals surface area contributed by atoms with E-state index in [4.69, 9.17) is 24.1 Å². The highest BCUT2D eigenvalue weighted by Crippen LogP contribution is 2.17. The highest BCUT2D eigenvalue weighted by atomic mass is 28.4. The molecule has 0 unspecified atom stereocenters. The Morgan fingerprint density at radius 3 is 1.94 bits per heavy atom. The molecule has 6 heteroatoms. The van der Waals surface area contributed by atoms with Crippen LogP contribution in [0.5, 0.6) is 0 Å². The molecule has 0 amide bonds. The molecule has 0 aromatic rings. The van der Waals surface area contributed by atoms with Gasteiger partial charge in [0.1, 0.15) is 0 Å². The predicted octanol–water partition coefficient (Wildman–Crippen LogP) is 2.87. The van der Waals surface area contributed by atoms with Gasteiger partial charge in [-0.2, -0.15) is 0 Å². The van der Waals surface area contributed by atoms with E-state index in [0.29, 0.717) is 17.8 Å². The minimum Gasteiger partial charge on any atom is -0.377 e. The molecule has 0 aliphatic carbocycles. The molecule has 0 radical (unpaired) electrons. The number of unbranched alkanes of at least 4 members (excludes halogenated alkanes) is 1. The first-order chi connectivity index (χ1) is 8.53. The third-order valence-corrected chi connectivity index (χ3v) is 5.83. The summed E-state index contributed by atoms with van der Waals surface area (Å²) in [4.78, 5) is 0. The summed E-state index contributed by atoms with van der Waals surface area (Å²) < 4.78 is 16.0. The van der Waals surface area contributed by atoms with Crippen LogP contribution in [0.1, 0.15) is 39.0 Å². The van der Waals surface area contributed by atoms with E-state index in [9.17, 15) is 0 Å². The Kier molecular flexibility index (Phi) is 9.08. The first kappa shape index (κ1) is 17.4. The molecular weight excluding hydrogens is 248 g/mol. The van der Waals surface area contributed by atoms with Crippen LogP contribution >= 0.6 is 0 Å². The third kappa shape index (κ3) is 6.39. The van der Waals surface area contributed by atoms with Crippen LogP contribution in [0.3, 0.4) is 0 Å². The van der Waals surface area contributed by atoms with Crippen LogP contribution in [0.25, 0.3) is 0 Å². The molecule has 0 spiro atoms. The molecule has 106 valence electrons. The summed E-state index contributed by atoms with van der Waals surface area (Å²) in [6.45, 7) is 1.95. The van der Waals surface area contributed by atoms with E-state index in [-0.39, 0.29) is 0 Å². The highest BCUT2D eigenvalue weighted by Gasteiger charge is 2.36. The number of hydrogen-bond acceptors (Lipinski definition) is 5. The van der Waals surface area contributed by atoms with Crippen molar-refractivity contribution in [2.45, 2.75) is 45.1 Å². The number of nitrogens with one attached hydrogen (secondary N) is 2. The second-order valence-electron chi connectivity index (χ2n) is 4.24. The molecule has 0 saturated heterocycles. The lowest BCUT2D eigenvalue weighted by molar-refractivity contribution is 0.123. The predicted molar refractivity (Wildman–Crippen MR) is 75.8 cm³/mol. The van der Waals surface area contributed by atoms with E-state index < -0.39 is 8.80 Å². The van der Waals surface area contributed by atoms with Gasteiger partial charge in [0.15, 0.2) is 0 Å². The van der Waals surface area contributed by atoms with Gasteiger partial charge in [-0.3, -0.25) is 0 Å². The average molecular weight is 274 g/mol. The Morgan fingerprint density at radius 2 is 1.50 bits per heavy atom. The van der Waals surface area contributed by atoms with Crippen molar-refractivity contribution in [3.05, 3.63) is 0 Å². The lowest BCUT2D eigenvalue weighted by Crippen LogP contribution is -2.42. The van der Waals surface area contributed by atoms with Crippen molar-refractivity contribution in [1.29, 1.82) is 10.8 Å².